The van der Waals surface area contributed by atoms with Crippen LogP contribution in [0.15, 0.2) is 54.9 Å². The van der Waals surface area contributed by atoms with Crippen molar-refractivity contribution in [3.8, 4) is 5.75 Å². The number of benzene rings is 2. The highest BCUT2D eigenvalue weighted by molar-refractivity contribution is 5.91. The lowest BCUT2D eigenvalue weighted by molar-refractivity contribution is 0.415. The molecule has 1 heterocycles. The molecule has 0 amide bonds. The highest BCUT2D eigenvalue weighted by atomic mass is 35.5. The molecular weight excluding hydrogens is 274 g/mol. The van der Waals surface area contributed by atoms with Crippen molar-refractivity contribution in [1.82, 2.24) is 9.97 Å². The minimum Gasteiger partial charge on any atom is -0.497 e. The fourth-order valence-electron chi connectivity index (χ4n) is 1.92. The zero-order valence-electron chi connectivity index (χ0n) is 10.9. The number of fused-ring (bicyclic) bond motifs is 1. The van der Waals surface area contributed by atoms with Gasteiger partial charge < -0.3 is 10.1 Å². The molecular formula is C15H14ClN3O. The van der Waals surface area contributed by atoms with Crippen LogP contribution < -0.4 is 10.1 Å². The fourth-order valence-corrected chi connectivity index (χ4v) is 1.92. The van der Waals surface area contributed by atoms with Gasteiger partial charge in [0.25, 0.3) is 0 Å². The van der Waals surface area contributed by atoms with Crippen LogP contribution in [-0.4, -0.2) is 17.1 Å². The van der Waals surface area contributed by atoms with Gasteiger partial charge in [0.2, 0.25) is 0 Å². The van der Waals surface area contributed by atoms with Gasteiger partial charge in [0.1, 0.15) is 17.9 Å². The average Bonchev–Trinajstić information content (AvgIpc) is 2.48. The smallest absolute Gasteiger partial charge is 0.141 e. The zero-order valence-corrected chi connectivity index (χ0v) is 11.7. The number of rotatable bonds is 3. The Morgan fingerprint density at radius 1 is 1.00 bits per heavy atom. The first-order chi connectivity index (χ1) is 9.36. The van der Waals surface area contributed by atoms with Crippen LogP contribution in [0.4, 0.5) is 11.5 Å². The first-order valence-corrected chi connectivity index (χ1v) is 5.97. The maximum absolute atomic E-state index is 5.24. The van der Waals surface area contributed by atoms with Crippen LogP contribution >= 0.6 is 12.4 Å². The minimum atomic E-state index is 0. The molecule has 0 fully saturated rings. The van der Waals surface area contributed by atoms with E-state index in [4.69, 9.17) is 4.74 Å². The molecule has 0 aliphatic carbocycles. The summed E-state index contributed by atoms with van der Waals surface area (Å²) in [6.45, 7) is 0. The largest absolute Gasteiger partial charge is 0.497 e. The monoisotopic (exact) mass is 287 g/mol. The Balaban J connectivity index is 0.00000147. The van der Waals surface area contributed by atoms with E-state index in [-0.39, 0.29) is 12.4 Å². The predicted octanol–water partition coefficient (Wildman–Crippen LogP) is 3.80. The van der Waals surface area contributed by atoms with Gasteiger partial charge >= 0.3 is 0 Å². The molecule has 0 aliphatic rings. The van der Waals surface area contributed by atoms with E-state index >= 15 is 0 Å². The molecule has 0 atom stereocenters. The number of halogens is 1. The Bertz CT molecular complexity index is 704. The number of hydrogen-bond donors (Lipinski definition) is 1. The third-order valence-electron chi connectivity index (χ3n) is 2.88. The maximum atomic E-state index is 5.24. The Labute approximate surface area is 123 Å². The molecule has 2 aromatic carbocycles. The molecule has 0 unspecified atom stereocenters. The standard InChI is InChI=1S/C15H13N3O.ClH/c1-19-12-7-8-14-13(9-12)15(17-10-16-14)18-11-5-3-2-4-6-11;/h2-10H,1H3,(H,16,17,18);1H. The summed E-state index contributed by atoms with van der Waals surface area (Å²) in [5.74, 6) is 1.56. The minimum absolute atomic E-state index is 0. The van der Waals surface area contributed by atoms with E-state index in [1.54, 1.807) is 13.4 Å². The number of anilines is 2. The summed E-state index contributed by atoms with van der Waals surface area (Å²) in [5.41, 5.74) is 1.87. The van der Waals surface area contributed by atoms with Gasteiger partial charge in [-0.15, -0.1) is 12.4 Å². The van der Waals surface area contributed by atoms with Gasteiger partial charge in [-0.3, -0.25) is 0 Å². The van der Waals surface area contributed by atoms with Crippen LogP contribution in [0, 0.1) is 0 Å². The molecule has 0 radical (unpaired) electrons. The molecule has 3 aromatic rings. The quantitative estimate of drug-likeness (QED) is 0.796. The Hall–Kier alpha value is -2.33. The van der Waals surface area contributed by atoms with Crippen molar-refractivity contribution in [3.63, 3.8) is 0 Å². The molecule has 5 heteroatoms. The van der Waals surface area contributed by atoms with E-state index in [2.05, 4.69) is 15.3 Å². The molecule has 0 saturated carbocycles. The number of aromatic nitrogens is 2. The normalized spacial score (nSPS) is 9.85. The molecule has 4 nitrogen and oxygen atoms in total. The molecule has 0 aliphatic heterocycles. The summed E-state index contributed by atoms with van der Waals surface area (Å²) in [7, 11) is 1.65. The van der Waals surface area contributed by atoms with Crippen LogP contribution in [0.2, 0.25) is 0 Å². The Kier molecular flexibility index (Phi) is 4.38. The molecule has 0 spiro atoms. The van der Waals surface area contributed by atoms with Gasteiger partial charge in [0, 0.05) is 11.1 Å². The summed E-state index contributed by atoms with van der Waals surface area (Å²) < 4.78 is 5.24. The summed E-state index contributed by atoms with van der Waals surface area (Å²) in [4.78, 5) is 8.55. The molecule has 0 bridgehead atoms. The van der Waals surface area contributed by atoms with E-state index in [1.165, 1.54) is 0 Å². The van der Waals surface area contributed by atoms with Crippen LogP contribution in [-0.2, 0) is 0 Å². The van der Waals surface area contributed by atoms with E-state index in [9.17, 15) is 0 Å². The van der Waals surface area contributed by atoms with Crippen LogP contribution in [0.25, 0.3) is 10.9 Å². The van der Waals surface area contributed by atoms with Crippen LogP contribution in [0.5, 0.6) is 5.75 Å². The molecule has 0 saturated heterocycles. The van der Waals surface area contributed by atoms with Crippen molar-refractivity contribution in [1.29, 1.82) is 0 Å². The average molecular weight is 288 g/mol. The second-order valence-corrected chi connectivity index (χ2v) is 4.10. The van der Waals surface area contributed by atoms with Gasteiger partial charge in [-0.2, -0.15) is 0 Å². The predicted molar refractivity (Wildman–Crippen MR) is 83.1 cm³/mol. The number of nitrogens with zero attached hydrogens (tertiary/aromatic N) is 2. The highest BCUT2D eigenvalue weighted by Crippen LogP contribution is 2.26. The highest BCUT2D eigenvalue weighted by Gasteiger charge is 2.05. The van der Waals surface area contributed by atoms with Crippen molar-refractivity contribution >= 4 is 34.8 Å². The van der Waals surface area contributed by atoms with Crippen molar-refractivity contribution in [3.05, 3.63) is 54.9 Å². The topological polar surface area (TPSA) is 47.0 Å². The number of nitrogens with one attached hydrogen (secondary N) is 1. The molecule has 102 valence electrons. The zero-order chi connectivity index (χ0) is 13.1. The van der Waals surface area contributed by atoms with Gasteiger partial charge in [0.15, 0.2) is 0 Å². The lowest BCUT2D eigenvalue weighted by Gasteiger charge is -2.09. The maximum Gasteiger partial charge on any atom is 0.141 e. The molecule has 1 N–H and O–H groups in total. The summed E-state index contributed by atoms with van der Waals surface area (Å²) in [5, 5.41) is 4.23. The lowest BCUT2D eigenvalue weighted by Crippen LogP contribution is -1.96. The van der Waals surface area contributed by atoms with Crippen molar-refractivity contribution < 1.29 is 4.74 Å². The Morgan fingerprint density at radius 2 is 1.80 bits per heavy atom. The number of para-hydroxylation sites is 1. The summed E-state index contributed by atoms with van der Waals surface area (Å²) in [6.07, 6.45) is 1.56. The number of ether oxygens (including phenoxy) is 1. The first kappa shape index (κ1) is 14.1. The van der Waals surface area contributed by atoms with E-state index < -0.39 is 0 Å². The fraction of sp³-hybridized carbons (Fsp3) is 0.0667. The van der Waals surface area contributed by atoms with Crippen molar-refractivity contribution in [2.45, 2.75) is 0 Å². The molecule has 1 aromatic heterocycles. The first-order valence-electron chi connectivity index (χ1n) is 5.97. The van der Waals surface area contributed by atoms with Crippen molar-refractivity contribution in [2.24, 2.45) is 0 Å². The van der Waals surface area contributed by atoms with Gasteiger partial charge in [0.05, 0.1) is 12.6 Å². The third kappa shape index (κ3) is 2.81. The van der Waals surface area contributed by atoms with Crippen LogP contribution in [0.1, 0.15) is 0 Å². The lowest BCUT2D eigenvalue weighted by atomic mass is 10.2. The second kappa shape index (κ2) is 6.21. The van der Waals surface area contributed by atoms with E-state index in [0.29, 0.717) is 0 Å². The summed E-state index contributed by atoms with van der Waals surface area (Å²) in [6, 6.07) is 15.7. The number of methoxy groups -OCH3 is 1. The third-order valence-corrected chi connectivity index (χ3v) is 2.88. The van der Waals surface area contributed by atoms with Gasteiger partial charge in [-0.25, -0.2) is 9.97 Å². The molecule has 3 rings (SSSR count). The van der Waals surface area contributed by atoms with E-state index in [1.807, 2.05) is 48.5 Å². The van der Waals surface area contributed by atoms with E-state index in [0.717, 1.165) is 28.2 Å². The SMILES string of the molecule is COc1ccc2ncnc(Nc3ccccc3)c2c1.Cl. The Morgan fingerprint density at radius 3 is 2.55 bits per heavy atom. The second-order valence-electron chi connectivity index (χ2n) is 4.10. The van der Waals surface area contributed by atoms with Crippen molar-refractivity contribution in [2.75, 3.05) is 12.4 Å². The molecule has 20 heavy (non-hydrogen) atoms. The van der Waals surface area contributed by atoms with Crippen LogP contribution in [0.3, 0.4) is 0 Å². The van der Waals surface area contributed by atoms with Gasteiger partial charge in [-0.1, -0.05) is 18.2 Å². The van der Waals surface area contributed by atoms with Gasteiger partial charge in [-0.05, 0) is 30.3 Å². The number of hydrogen-bond acceptors (Lipinski definition) is 4. The summed E-state index contributed by atoms with van der Waals surface area (Å²) >= 11 is 0.